The van der Waals surface area contributed by atoms with E-state index in [2.05, 4.69) is 5.32 Å². The molecule has 2 aromatic carbocycles. The molecule has 6 nitrogen and oxygen atoms in total. The summed E-state index contributed by atoms with van der Waals surface area (Å²) in [7, 11) is 0. The minimum atomic E-state index is -1.13. The Hall–Kier alpha value is -2.60. The standard InChI is InChI=1S/C14H11ClN2O4/c15-10-6-7-11(12(8-10)17(20)21)16-13(14(18)19)9-4-2-1-3-5-9/h1-8,13,16H,(H,18,19). The van der Waals surface area contributed by atoms with Gasteiger partial charge in [0.1, 0.15) is 5.69 Å². The van der Waals surface area contributed by atoms with Gasteiger partial charge in [-0.15, -0.1) is 0 Å². The topological polar surface area (TPSA) is 92.5 Å². The van der Waals surface area contributed by atoms with E-state index < -0.39 is 16.9 Å². The van der Waals surface area contributed by atoms with Crippen molar-refractivity contribution in [3.05, 3.63) is 69.2 Å². The highest BCUT2D eigenvalue weighted by Gasteiger charge is 2.23. The Labute approximate surface area is 125 Å². The first-order valence-corrected chi connectivity index (χ1v) is 6.35. The van der Waals surface area contributed by atoms with Gasteiger partial charge in [0, 0.05) is 11.1 Å². The summed E-state index contributed by atoms with van der Waals surface area (Å²) in [6.45, 7) is 0. The second kappa shape index (κ2) is 6.23. The molecule has 2 rings (SSSR count). The van der Waals surface area contributed by atoms with Crippen LogP contribution in [0.15, 0.2) is 48.5 Å². The maximum absolute atomic E-state index is 11.4. The van der Waals surface area contributed by atoms with E-state index in [4.69, 9.17) is 11.6 Å². The lowest BCUT2D eigenvalue weighted by molar-refractivity contribution is -0.384. The van der Waals surface area contributed by atoms with Crippen molar-refractivity contribution in [1.82, 2.24) is 0 Å². The highest BCUT2D eigenvalue weighted by molar-refractivity contribution is 6.30. The largest absolute Gasteiger partial charge is 0.479 e. The Morgan fingerprint density at radius 3 is 2.48 bits per heavy atom. The molecule has 0 fully saturated rings. The fraction of sp³-hybridized carbons (Fsp3) is 0.0714. The average molecular weight is 307 g/mol. The molecule has 0 saturated carbocycles. The summed E-state index contributed by atoms with van der Waals surface area (Å²) in [5.74, 6) is -1.13. The minimum absolute atomic E-state index is 0.0978. The van der Waals surface area contributed by atoms with E-state index in [1.54, 1.807) is 30.3 Å². The van der Waals surface area contributed by atoms with Gasteiger partial charge >= 0.3 is 5.97 Å². The number of nitro benzene ring substituents is 1. The number of aliphatic carboxylic acids is 1. The first-order chi connectivity index (χ1) is 9.99. The monoisotopic (exact) mass is 306 g/mol. The van der Waals surface area contributed by atoms with Crippen LogP contribution in [0.4, 0.5) is 11.4 Å². The van der Waals surface area contributed by atoms with Gasteiger partial charge in [-0.05, 0) is 17.7 Å². The number of hydrogen-bond donors (Lipinski definition) is 2. The Morgan fingerprint density at radius 2 is 1.90 bits per heavy atom. The SMILES string of the molecule is O=C(O)C(Nc1ccc(Cl)cc1[N+](=O)[O-])c1ccccc1. The van der Waals surface area contributed by atoms with E-state index in [0.717, 1.165) is 0 Å². The Kier molecular flexibility index (Phi) is 4.39. The van der Waals surface area contributed by atoms with Crippen LogP contribution >= 0.6 is 11.6 Å². The lowest BCUT2D eigenvalue weighted by Gasteiger charge is -2.16. The van der Waals surface area contributed by atoms with Gasteiger partial charge in [0.15, 0.2) is 6.04 Å². The third-order valence-electron chi connectivity index (χ3n) is 2.84. The highest BCUT2D eigenvalue weighted by atomic mass is 35.5. The predicted molar refractivity (Wildman–Crippen MR) is 78.5 cm³/mol. The maximum atomic E-state index is 11.4. The number of nitrogens with one attached hydrogen (secondary N) is 1. The lowest BCUT2D eigenvalue weighted by Crippen LogP contribution is -2.20. The number of anilines is 1. The van der Waals surface area contributed by atoms with Gasteiger partial charge in [-0.2, -0.15) is 0 Å². The zero-order chi connectivity index (χ0) is 15.4. The van der Waals surface area contributed by atoms with Crippen molar-refractivity contribution < 1.29 is 14.8 Å². The fourth-order valence-electron chi connectivity index (χ4n) is 1.87. The van der Waals surface area contributed by atoms with E-state index >= 15 is 0 Å². The second-order valence-corrected chi connectivity index (χ2v) is 4.68. The first kappa shape index (κ1) is 14.8. The molecule has 0 aliphatic heterocycles. The van der Waals surface area contributed by atoms with E-state index in [1.807, 2.05) is 0 Å². The summed E-state index contributed by atoms with van der Waals surface area (Å²) in [6, 6.07) is 11.3. The number of rotatable bonds is 5. The van der Waals surface area contributed by atoms with Crippen LogP contribution in [0.25, 0.3) is 0 Å². The van der Waals surface area contributed by atoms with Crippen molar-refractivity contribution in [2.24, 2.45) is 0 Å². The zero-order valence-corrected chi connectivity index (χ0v) is 11.4. The normalized spacial score (nSPS) is 11.7. The summed E-state index contributed by atoms with van der Waals surface area (Å²) in [6.07, 6.45) is 0. The molecule has 2 aromatic rings. The molecule has 0 aliphatic carbocycles. The molecule has 0 amide bonds. The molecular weight excluding hydrogens is 296 g/mol. The molecule has 0 aliphatic rings. The van der Waals surface area contributed by atoms with Gasteiger partial charge in [0.25, 0.3) is 5.69 Å². The maximum Gasteiger partial charge on any atom is 0.330 e. The number of halogens is 1. The first-order valence-electron chi connectivity index (χ1n) is 5.97. The number of carboxylic acid groups (broad SMARTS) is 1. The van der Waals surface area contributed by atoms with E-state index in [-0.39, 0.29) is 16.4 Å². The van der Waals surface area contributed by atoms with E-state index in [9.17, 15) is 20.0 Å². The van der Waals surface area contributed by atoms with Crippen molar-refractivity contribution in [2.75, 3.05) is 5.32 Å². The quantitative estimate of drug-likeness (QED) is 0.651. The molecule has 1 atom stereocenters. The van der Waals surface area contributed by atoms with Gasteiger partial charge in [-0.25, -0.2) is 4.79 Å². The van der Waals surface area contributed by atoms with Crippen molar-refractivity contribution >= 4 is 28.9 Å². The Balaban J connectivity index is 2.39. The molecular formula is C14H11ClN2O4. The number of benzene rings is 2. The molecule has 7 heteroatoms. The summed E-state index contributed by atoms with van der Waals surface area (Å²) in [4.78, 5) is 21.8. The van der Waals surface area contributed by atoms with Gasteiger partial charge in [0.2, 0.25) is 0 Å². The number of carboxylic acids is 1. The summed E-state index contributed by atoms with van der Waals surface area (Å²) in [5.41, 5.74) is 0.319. The van der Waals surface area contributed by atoms with Gasteiger partial charge < -0.3 is 10.4 Å². The molecule has 1 unspecified atom stereocenters. The van der Waals surface area contributed by atoms with Crippen LogP contribution in [0.1, 0.15) is 11.6 Å². The Bertz CT molecular complexity index is 676. The molecule has 0 heterocycles. The summed E-state index contributed by atoms with van der Waals surface area (Å²) >= 11 is 5.73. The molecule has 21 heavy (non-hydrogen) atoms. The molecule has 0 spiro atoms. The van der Waals surface area contributed by atoms with Crippen LogP contribution < -0.4 is 5.32 Å². The molecule has 108 valence electrons. The molecule has 0 bridgehead atoms. The van der Waals surface area contributed by atoms with Crippen LogP contribution in [0.5, 0.6) is 0 Å². The van der Waals surface area contributed by atoms with Crippen LogP contribution in [0, 0.1) is 10.1 Å². The second-order valence-electron chi connectivity index (χ2n) is 4.24. The third kappa shape index (κ3) is 3.49. The Morgan fingerprint density at radius 1 is 1.24 bits per heavy atom. The molecule has 0 saturated heterocycles. The van der Waals surface area contributed by atoms with Crippen LogP contribution in [-0.2, 0) is 4.79 Å². The summed E-state index contributed by atoms with van der Waals surface area (Å²) in [5, 5.41) is 23.2. The minimum Gasteiger partial charge on any atom is -0.479 e. The molecule has 0 radical (unpaired) electrons. The van der Waals surface area contributed by atoms with Crippen molar-refractivity contribution in [3.63, 3.8) is 0 Å². The third-order valence-corrected chi connectivity index (χ3v) is 3.07. The van der Waals surface area contributed by atoms with Crippen molar-refractivity contribution in [2.45, 2.75) is 6.04 Å². The molecule has 2 N–H and O–H groups in total. The van der Waals surface area contributed by atoms with Gasteiger partial charge in [0.05, 0.1) is 4.92 Å². The van der Waals surface area contributed by atoms with Crippen LogP contribution in [0.3, 0.4) is 0 Å². The average Bonchev–Trinajstić information content (AvgIpc) is 2.46. The number of nitro groups is 1. The van der Waals surface area contributed by atoms with Gasteiger partial charge in [-0.3, -0.25) is 10.1 Å². The smallest absolute Gasteiger partial charge is 0.330 e. The fourth-order valence-corrected chi connectivity index (χ4v) is 2.03. The summed E-state index contributed by atoms with van der Waals surface area (Å²) < 4.78 is 0. The lowest BCUT2D eigenvalue weighted by atomic mass is 10.1. The van der Waals surface area contributed by atoms with Crippen molar-refractivity contribution in [1.29, 1.82) is 0 Å². The number of hydrogen-bond acceptors (Lipinski definition) is 4. The van der Waals surface area contributed by atoms with Gasteiger partial charge in [-0.1, -0.05) is 41.9 Å². The number of nitrogens with zero attached hydrogens (tertiary/aromatic N) is 1. The number of carbonyl (C=O) groups is 1. The predicted octanol–water partition coefficient (Wildman–Crippen LogP) is 3.49. The van der Waals surface area contributed by atoms with Crippen molar-refractivity contribution in [3.8, 4) is 0 Å². The van der Waals surface area contributed by atoms with Crippen LogP contribution in [0.2, 0.25) is 5.02 Å². The zero-order valence-electron chi connectivity index (χ0n) is 10.7. The van der Waals surface area contributed by atoms with E-state index in [1.165, 1.54) is 18.2 Å². The molecule has 0 aromatic heterocycles. The van der Waals surface area contributed by atoms with E-state index in [0.29, 0.717) is 5.56 Å². The highest BCUT2D eigenvalue weighted by Crippen LogP contribution is 2.30. The van der Waals surface area contributed by atoms with Crippen LogP contribution in [-0.4, -0.2) is 16.0 Å².